The van der Waals surface area contributed by atoms with Gasteiger partial charge in [0.2, 0.25) is 5.91 Å². The molecule has 1 unspecified atom stereocenters. The number of para-hydroxylation sites is 1. The van der Waals surface area contributed by atoms with Crippen molar-refractivity contribution in [2.24, 2.45) is 0 Å². The monoisotopic (exact) mass is 430 g/mol. The summed E-state index contributed by atoms with van der Waals surface area (Å²) in [5.74, 6) is -0.175. The molecular weight excluding hydrogens is 404 g/mol. The van der Waals surface area contributed by atoms with Gasteiger partial charge in [0.05, 0.1) is 30.8 Å². The third-order valence-corrected chi connectivity index (χ3v) is 5.13. The van der Waals surface area contributed by atoms with Crippen LogP contribution in [0.2, 0.25) is 0 Å². The zero-order valence-corrected chi connectivity index (χ0v) is 18.3. The van der Waals surface area contributed by atoms with E-state index in [1.807, 2.05) is 37.3 Å². The molecule has 0 aliphatic heterocycles. The highest BCUT2D eigenvalue weighted by Gasteiger charge is 2.17. The van der Waals surface area contributed by atoms with Crippen LogP contribution in [0.3, 0.4) is 0 Å². The lowest BCUT2D eigenvalue weighted by Crippen LogP contribution is -2.28. The largest absolute Gasteiger partial charge is 0.496 e. The minimum atomic E-state index is -0.319. The molecule has 0 saturated heterocycles. The third kappa shape index (κ3) is 5.60. The third-order valence-electron chi connectivity index (χ3n) is 5.13. The van der Waals surface area contributed by atoms with Crippen LogP contribution in [0.25, 0.3) is 0 Å². The first-order valence-corrected chi connectivity index (χ1v) is 10.3. The Morgan fingerprint density at radius 3 is 2.31 bits per heavy atom. The number of ketones is 1. The molecule has 164 valence electrons. The van der Waals surface area contributed by atoms with Crippen molar-refractivity contribution in [1.82, 2.24) is 5.32 Å². The second-order valence-corrected chi connectivity index (χ2v) is 7.46. The highest BCUT2D eigenvalue weighted by atomic mass is 16.5. The van der Waals surface area contributed by atoms with E-state index in [-0.39, 0.29) is 30.1 Å². The van der Waals surface area contributed by atoms with Gasteiger partial charge in [-0.05, 0) is 49.7 Å². The lowest BCUT2D eigenvalue weighted by molar-refractivity contribution is -0.115. The van der Waals surface area contributed by atoms with Crippen LogP contribution in [0.15, 0.2) is 72.8 Å². The Labute approximate surface area is 187 Å². The maximum Gasteiger partial charge on any atom is 0.253 e. The molecule has 6 heteroatoms. The number of methoxy groups -OCH3 is 1. The molecule has 0 heterocycles. The van der Waals surface area contributed by atoms with Gasteiger partial charge in [0.25, 0.3) is 5.91 Å². The molecule has 3 aromatic rings. The first-order valence-electron chi connectivity index (χ1n) is 10.3. The zero-order valence-electron chi connectivity index (χ0n) is 18.3. The lowest BCUT2D eigenvalue weighted by atomic mass is 10.0. The highest BCUT2D eigenvalue weighted by Crippen LogP contribution is 2.23. The molecule has 0 aliphatic carbocycles. The van der Waals surface area contributed by atoms with Crippen LogP contribution in [0.5, 0.6) is 5.75 Å². The fourth-order valence-corrected chi connectivity index (χ4v) is 3.39. The Morgan fingerprint density at radius 2 is 1.62 bits per heavy atom. The first kappa shape index (κ1) is 22.7. The predicted molar refractivity (Wildman–Crippen MR) is 124 cm³/mol. The number of hydrogen-bond acceptors (Lipinski definition) is 4. The summed E-state index contributed by atoms with van der Waals surface area (Å²) in [4.78, 5) is 37.4. The molecule has 1 atom stereocenters. The molecular formula is C26H26N2O4. The summed E-state index contributed by atoms with van der Waals surface area (Å²) < 4.78 is 5.32. The zero-order chi connectivity index (χ0) is 23.1. The topological polar surface area (TPSA) is 84.5 Å². The number of amides is 2. The average Bonchev–Trinajstić information content (AvgIpc) is 2.79. The molecule has 0 fully saturated rings. The van der Waals surface area contributed by atoms with Crippen molar-refractivity contribution in [2.45, 2.75) is 26.3 Å². The standard InChI is InChI=1S/C26H26N2O4/c1-17(19-9-5-4-6-10-19)27-26(31)22-11-7-8-12-23(22)28-25(30)16-21-15-20(18(2)29)13-14-24(21)32-3/h4-15,17H,16H2,1-3H3,(H,27,31)(H,28,30). The number of benzene rings is 3. The number of hydrogen-bond donors (Lipinski definition) is 2. The van der Waals surface area contributed by atoms with Crippen LogP contribution in [-0.4, -0.2) is 24.7 Å². The smallest absolute Gasteiger partial charge is 0.253 e. The maximum absolute atomic E-state index is 12.9. The van der Waals surface area contributed by atoms with E-state index in [4.69, 9.17) is 4.74 Å². The van der Waals surface area contributed by atoms with Crippen LogP contribution >= 0.6 is 0 Å². The number of carbonyl (C=O) groups is 3. The van der Waals surface area contributed by atoms with Crippen molar-refractivity contribution in [1.29, 1.82) is 0 Å². The lowest BCUT2D eigenvalue weighted by Gasteiger charge is -2.16. The second kappa shape index (κ2) is 10.4. The highest BCUT2D eigenvalue weighted by molar-refractivity contribution is 6.04. The van der Waals surface area contributed by atoms with Gasteiger partial charge in [-0.15, -0.1) is 0 Å². The fraction of sp³-hybridized carbons (Fsp3) is 0.192. The van der Waals surface area contributed by atoms with Crippen molar-refractivity contribution in [2.75, 3.05) is 12.4 Å². The van der Waals surface area contributed by atoms with Gasteiger partial charge in [0.1, 0.15) is 5.75 Å². The van der Waals surface area contributed by atoms with Crippen molar-refractivity contribution >= 4 is 23.3 Å². The summed E-state index contributed by atoms with van der Waals surface area (Å²) in [6.45, 7) is 3.37. The molecule has 0 bridgehead atoms. The van der Waals surface area contributed by atoms with Crippen LogP contribution in [0, 0.1) is 0 Å². The van der Waals surface area contributed by atoms with E-state index in [2.05, 4.69) is 10.6 Å². The van der Waals surface area contributed by atoms with E-state index in [0.717, 1.165) is 5.56 Å². The Balaban J connectivity index is 1.75. The Hall–Kier alpha value is -3.93. The van der Waals surface area contributed by atoms with Crippen LogP contribution in [0.1, 0.15) is 51.7 Å². The van der Waals surface area contributed by atoms with Gasteiger partial charge in [-0.2, -0.15) is 0 Å². The SMILES string of the molecule is COc1ccc(C(C)=O)cc1CC(=O)Nc1ccccc1C(=O)NC(C)c1ccccc1. The molecule has 3 rings (SSSR count). The molecule has 32 heavy (non-hydrogen) atoms. The normalized spacial score (nSPS) is 11.3. The van der Waals surface area contributed by atoms with Crippen LogP contribution in [0.4, 0.5) is 5.69 Å². The summed E-state index contributed by atoms with van der Waals surface area (Å²) in [5.41, 5.74) is 2.87. The number of anilines is 1. The van der Waals surface area contributed by atoms with Gasteiger partial charge in [-0.3, -0.25) is 14.4 Å². The first-order chi connectivity index (χ1) is 15.4. The van der Waals surface area contributed by atoms with Gasteiger partial charge in [-0.25, -0.2) is 0 Å². The Morgan fingerprint density at radius 1 is 0.938 bits per heavy atom. The maximum atomic E-state index is 12.9. The van der Waals surface area contributed by atoms with Crippen molar-refractivity contribution < 1.29 is 19.1 Å². The number of carbonyl (C=O) groups excluding carboxylic acids is 3. The van der Waals surface area contributed by atoms with Gasteiger partial charge >= 0.3 is 0 Å². The summed E-state index contributed by atoms with van der Waals surface area (Å²) in [5, 5.41) is 5.78. The number of Topliss-reactive ketones (excluding diaryl/α,β-unsaturated/α-hetero) is 1. The number of rotatable bonds is 8. The van der Waals surface area contributed by atoms with Crippen molar-refractivity contribution in [3.63, 3.8) is 0 Å². The minimum absolute atomic E-state index is 0.000660. The number of nitrogens with one attached hydrogen (secondary N) is 2. The van der Waals surface area contributed by atoms with Gasteiger partial charge in [0, 0.05) is 11.1 Å². The molecule has 0 spiro atoms. The van der Waals surface area contributed by atoms with Gasteiger partial charge < -0.3 is 15.4 Å². The van der Waals surface area contributed by atoms with E-state index in [1.54, 1.807) is 42.5 Å². The van der Waals surface area contributed by atoms with E-state index < -0.39 is 0 Å². The van der Waals surface area contributed by atoms with Crippen molar-refractivity contribution in [3.8, 4) is 5.75 Å². The molecule has 0 aliphatic rings. The number of ether oxygens (including phenoxy) is 1. The van der Waals surface area contributed by atoms with E-state index >= 15 is 0 Å². The van der Waals surface area contributed by atoms with Gasteiger partial charge in [-0.1, -0.05) is 42.5 Å². The van der Waals surface area contributed by atoms with E-state index in [1.165, 1.54) is 14.0 Å². The molecule has 3 aromatic carbocycles. The average molecular weight is 431 g/mol. The summed E-state index contributed by atoms with van der Waals surface area (Å²) in [6, 6.07) is 21.3. The Bertz CT molecular complexity index is 1130. The molecule has 0 aromatic heterocycles. The van der Waals surface area contributed by atoms with Crippen LogP contribution in [-0.2, 0) is 11.2 Å². The van der Waals surface area contributed by atoms with E-state index in [9.17, 15) is 14.4 Å². The van der Waals surface area contributed by atoms with E-state index in [0.29, 0.717) is 28.1 Å². The summed E-state index contributed by atoms with van der Waals surface area (Å²) in [7, 11) is 1.51. The fourth-order valence-electron chi connectivity index (χ4n) is 3.39. The molecule has 0 radical (unpaired) electrons. The molecule has 2 N–H and O–H groups in total. The van der Waals surface area contributed by atoms with Crippen LogP contribution < -0.4 is 15.4 Å². The summed E-state index contributed by atoms with van der Waals surface area (Å²) in [6.07, 6.45) is 0.000660. The van der Waals surface area contributed by atoms with Gasteiger partial charge in [0.15, 0.2) is 5.78 Å². The second-order valence-electron chi connectivity index (χ2n) is 7.46. The molecule has 2 amide bonds. The molecule has 0 saturated carbocycles. The quantitative estimate of drug-likeness (QED) is 0.513. The summed E-state index contributed by atoms with van der Waals surface area (Å²) >= 11 is 0. The predicted octanol–water partition coefficient (Wildman–Crippen LogP) is 4.57. The van der Waals surface area contributed by atoms with Crippen molar-refractivity contribution in [3.05, 3.63) is 95.1 Å². The Kier molecular flexibility index (Phi) is 7.39. The minimum Gasteiger partial charge on any atom is -0.496 e. The molecule has 6 nitrogen and oxygen atoms in total.